The lowest BCUT2D eigenvalue weighted by molar-refractivity contribution is 0.0954. The Bertz CT molecular complexity index is 951. The van der Waals surface area contributed by atoms with Gasteiger partial charge in [0, 0.05) is 44.0 Å². The van der Waals surface area contributed by atoms with Gasteiger partial charge in [-0.05, 0) is 55.2 Å². The molecule has 1 fully saturated rings. The molecule has 0 atom stereocenters. The highest BCUT2D eigenvalue weighted by atomic mass is 32.2. The average Bonchev–Trinajstić information content (AvgIpc) is 3.39. The monoisotopic (exact) mass is 399 g/mol. The minimum atomic E-state index is -3.44. The van der Waals surface area contributed by atoms with Crippen LogP contribution in [0.2, 0.25) is 0 Å². The highest BCUT2D eigenvalue weighted by Gasteiger charge is 2.27. The van der Waals surface area contributed by atoms with Crippen molar-refractivity contribution in [3.05, 3.63) is 59.7 Å². The lowest BCUT2D eigenvalue weighted by atomic mass is 10.2. The molecule has 6 nitrogen and oxygen atoms in total. The van der Waals surface area contributed by atoms with Crippen LogP contribution in [0.25, 0.3) is 0 Å². The summed E-state index contributed by atoms with van der Waals surface area (Å²) in [7, 11) is -3.44. The van der Waals surface area contributed by atoms with E-state index in [0.29, 0.717) is 25.2 Å². The number of nitrogens with zero attached hydrogens (tertiary/aromatic N) is 2. The average molecular weight is 400 g/mol. The zero-order valence-electron chi connectivity index (χ0n) is 15.8. The van der Waals surface area contributed by atoms with Crippen LogP contribution in [-0.2, 0) is 16.4 Å². The Morgan fingerprint density at radius 2 is 1.68 bits per heavy atom. The Morgan fingerprint density at radius 3 is 2.43 bits per heavy atom. The SMILES string of the molecule is O=C(NCCN1CCc2ccccc21)c1ccc(S(=O)(=O)N2CCCC2)cc1. The number of carbonyl (C=O) groups excluding carboxylic acids is 1. The molecule has 2 aliphatic heterocycles. The minimum Gasteiger partial charge on any atom is -0.369 e. The van der Waals surface area contributed by atoms with E-state index < -0.39 is 10.0 Å². The van der Waals surface area contributed by atoms with Gasteiger partial charge in [0.2, 0.25) is 10.0 Å². The van der Waals surface area contributed by atoms with Crippen molar-refractivity contribution in [1.29, 1.82) is 0 Å². The smallest absolute Gasteiger partial charge is 0.251 e. The normalized spacial score (nSPS) is 16.9. The molecule has 0 aromatic heterocycles. The van der Waals surface area contributed by atoms with Gasteiger partial charge in [-0.2, -0.15) is 4.31 Å². The molecule has 1 amide bonds. The van der Waals surface area contributed by atoms with Gasteiger partial charge in [0.1, 0.15) is 0 Å². The molecular weight excluding hydrogens is 374 g/mol. The first-order chi connectivity index (χ1) is 13.6. The summed E-state index contributed by atoms with van der Waals surface area (Å²) in [5.41, 5.74) is 3.07. The Hall–Kier alpha value is -2.38. The van der Waals surface area contributed by atoms with E-state index in [2.05, 4.69) is 28.4 Å². The third kappa shape index (κ3) is 3.77. The molecule has 1 N–H and O–H groups in total. The Labute approximate surface area is 166 Å². The molecule has 0 aliphatic carbocycles. The molecule has 0 bridgehead atoms. The van der Waals surface area contributed by atoms with Gasteiger partial charge < -0.3 is 10.2 Å². The van der Waals surface area contributed by atoms with Gasteiger partial charge in [0.05, 0.1) is 4.90 Å². The summed E-state index contributed by atoms with van der Waals surface area (Å²) in [6.45, 7) is 3.41. The maximum absolute atomic E-state index is 12.6. The molecule has 2 aliphatic rings. The van der Waals surface area contributed by atoms with Crippen molar-refractivity contribution in [2.45, 2.75) is 24.2 Å². The first kappa shape index (κ1) is 19.0. The number of amides is 1. The van der Waals surface area contributed by atoms with Gasteiger partial charge >= 0.3 is 0 Å². The fourth-order valence-electron chi connectivity index (χ4n) is 3.90. The molecule has 7 heteroatoms. The molecule has 1 saturated heterocycles. The lowest BCUT2D eigenvalue weighted by Gasteiger charge is -2.19. The number of sulfonamides is 1. The largest absolute Gasteiger partial charge is 0.369 e. The molecule has 148 valence electrons. The first-order valence-electron chi connectivity index (χ1n) is 9.77. The molecule has 28 heavy (non-hydrogen) atoms. The zero-order valence-corrected chi connectivity index (χ0v) is 16.6. The third-order valence-electron chi connectivity index (χ3n) is 5.47. The quantitative estimate of drug-likeness (QED) is 0.809. The summed E-state index contributed by atoms with van der Waals surface area (Å²) >= 11 is 0. The molecule has 2 heterocycles. The fraction of sp³-hybridized carbons (Fsp3) is 0.381. The van der Waals surface area contributed by atoms with E-state index in [4.69, 9.17) is 0 Å². The van der Waals surface area contributed by atoms with E-state index in [1.807, 2.05) is 6.07 Å². The second kappa shape index (κ2) is 7.93. The van der Waals surface area contributed by atoms with Crippen LogP contribution in [0.15, 0.2) is 53.4 Å². The number of hydrogen-bond donors (Lipinski definition) is 1. The van der Waals surface area contributed by atoms with Crippen molar-refractivity contribution in [1.82, 2.24) is 9.62 Å². The van der Waals surface area contributed by atoms with Crippen LogP contribution in [-0.4, -0.2) is 51.4 Å². The van der Waals surface area contributed by atoms with E-state index in [-0.39, 0.29) is 10.8 Å². The summed E-state index contributed by atoms with van der Waals surface area (Å²) < 4.78 is 26.6. The predicted molar refractivity (Wildman–Crippen MR) is 109 cm³/mol. The standard InChI is InChI=1S/C21H25N3O3S/c25-21(22-12-16-23-15-11-17-5-1-2-6-20(17)23)18-7-9-19(10-8-18)28(26,27)24-13-3-4-14-24/h1-2,5-10H,3-4,11-16H2,(H,22,25). The Balaban J connectivity index is 1.33. The van der Waals surface area contributed by atoms with E-state index in [1.54, 1.807) is 12.1 Å². The predicted octanol–water partition coefficient (Wildman–Crippen LogP) is 2.26. The Kier molecular flexibility index (Phi) is 5.37. The highest BCUT2D eigenvalue weighted by molar-refractivity contribution is 7.89. The number of rotatable bonds is 6. The van der Waals surface area contributed by atoms with Gasteiger partial charge in [-0.15, -0.1) is 0 Å². The van der Waals surface area contributed by atoms with E-state index in [9.17, 15) is 13.2 Å². The molecule has 2 aromatic carbocycles. The highest BCUT2D eigenvalue weighted by Crippen LogP contribution is 2.26. The van der Waals surface area contributed by atoms with Crippen molar-refractivity contribution in [2.24, 2.45) is 0 Å². The van der Waals surface area contributed by atoms with Gasteiger partial charge in [-0.25, -0.2) is 8.42 Å². The lowest BCUT2D eigenvalue weighted by Crippen LogP contribution is -2.34. The minimum absolute atomic E-state index is 0.183. The number of fused-ring (bicyclic) bond motifs is 1. The number of carbonyl (C=O) groups is 1. The van der Waals surface area contributed by atoms with E-state index in [0.717, 1.165) is 32.4 Å². The van der Waals surface area contributed by atoms with Crippen molar-refractivity contribution >= 4 is 21.6 Å². The zero-order chi connectivity index (χ0) is 19.6. The molecule has 0 unspecified atom stereocenters. The molecule has 0 spiro atoms. The maximum Gasteiger partial charge on any atom is 0.251 e. The number of hydrogen-bond acceptors (Lipinski definition) is 4. The van der Waals surface area contributed by atoms with Gasteiger partial charge in [-0.1, -0.05) is 18.2 Å². The molecule has 0 saturated carbocycles. The number of anilines is 1. The van der Waals surface area contributed by atoms with Crippen molar-refractivity contribution in [2.75, 3.05) is 37.6 Å². The van der Waals surface area contributed by atoms with Crippen LogP contribution >= 0.6 is 0 Å². The number of para-hydroxylation sites is 1. The van der Waals surface area contributed by atoms with Crippen LogP contribution in [0.3, 0.4) is 0 Å². The fourth-order valence-corrected chi connectivity index (χ4v) is 5.42. The topological polar surface area (TPSA) is 69.7 Å². The molecule has 4 rings (SSSR count). The summed E-state index contributed by atoms with van der Waals surface area (Å²) in [6, 6.07) is 14.6. The maximum atomic E-state index is 12.6. The molecule has 2 aromatic rings. The second-order valence-corrected chi connectivity index (χ2v) is 9.20. The van der Waals surface area contributed by atoms with Gasteiger partial charge in [0.25, 0.3) is 5.91 Å². The molecule has 0 radical (unpaired) electrons. The van der Waals surface area contributed by atoms with Crippen molar-refractivity contribution in [3.63, 3.8) is 0 Å². The summed E-state index contributed by atoms with van der Waals surface area (Å²) in [5.74, 6) is -0.183. The number of benzene rings is 2. The van der Waals surface area contributed by atoms with Gasteiger partial charge in [-0.3, -0.25) is 4.79 Å². The first-order valence-corrected chi connectivity index (χ1v) is 11.2. The van der Waals surface area contributed by atoms with Crippen molar-refractivity contribution < 1.29 is 13.2 Å². The van der Waals surface area contributed by atoms with Gasteiger partial charge in [0.15, 0.2) is 0 Å². The summed E-state index contributed by atoms with van der Waals surface area (Å²) in [5, 5.41) is 2.93. The molecular formula is C21H25N3O3S. The Morgan fingerprint density at radius 1 is 0.964 bits per heavy atom. The van der Waals surface area contributed by atoms with E-state index in [1.165, 1.54) is 27.7 Å². The second-order valence-electron chi connectivity index (χ2n) is 7.26. The third-order valence-corrected chi connectivity index (χ3v) is 7.38. The van der Waals surface area contributed by atoms with Crippen LogP contribution in [0.1, 0.15) is 28.8 Å². The van der Waals surface area contributed by atoms with E-state index >= 15 is 0 Å². The number of nitrogens with one attached hydrogen (secondary N) is 1. The summed E-state index contributed by atoms with van der Waals surface area (Å²) in [4.78, 5) is 14.9. The van der Waals surface area contributed by atoms with Crippen LogP contribution in [0, 0.1) is 0 Å². The van der Waals surface area contributed by atoms with Crippen LogP contribution in [0.5, 0.6) is 0 Å². The summed E-state index contributed by atoms with van der Waals surface area (Å²) in [6.07, 6.45) is 2.85. The van der Waals surface area contributed by atoms with Crippen molar-refractivity contribution in [3.8, 4) is 0 Å². The van der Waals surface area contributed by atoms with Crippen LogP contribution in [0.4, 0.5) is 5.69 Å². The van der Waals surface area contributed by atoms with Crippen LogP contribution < -0.4 is 10.2 Å².